The topological polar surface area (TPSA) is 50.1 Å². The minimum atomic E-state index is -4.33. The Morgan fingerprint density at radius 3 is 2.13 bits per heavy atom. The molecule has 7 heteroatoms. The van der Waals surface area contributed by atoms with E-state index in [4.69, 9.17) is 5.84 Å². The number of alkyl halides is 3. The maximum atomic E-state index is 12.2. The highest BCUT2D eigenvalue weighted by Gasteiger charge is 2.29. The van der Waals surface area contributed by atoms with E-state index in [2.05, 4.69) is 23.0 Å². The van der Waals surface area contributed by atoms with Crippen LogP contribution in [0.5, 0.6) is 0 Å². The SMILES string of the molecule is NNC(=S)Nc1ccc(C(F)(F)F)cc1. The van der Waals surface area contributed by atoms with Gasteiger partial charge in [-0.2, -0.15) is 13.2 Å². The standard InChI is InChI=1S/C8H8F3N3S/c9-8(10,11)5-1-3-6(4-2-5)13-7(15)14-12/h1-4H,12H2,(H2,13,14,15). The molecule has 0 amide bonds. The van der Waals surface area contributed by atoms with Crippen LogP contribution in [-0.4, -0.2) is 5.11 Å². The van der Waals surface area contributed by atoms with Crippen LogP contribution in [0.25, 0.3) is 0 Å². The van der Waals surface area contributed by atoms with E-state index in [0.29, 0.717) is 5.69 Å². The fraction of sp³-hybridized carbons (Fsp3) is 0.125. The van der Waals surface area contributed by atoms with Gasteiger partial charge in [0.05, 0.1) is 5.56 Å². The number of halogens is 3. The van der Waals surface area contributed by atoms with E-state index in [1.807, 2.05) is 0 Å². The highest BCUT2D eigenvalue weighted by molar-refractivity contribution is 7.80. The Morgan fingerprint density at radius 1 is 1.20 bits per heavy atom. The van der Waals surface area contributed by atoms with Crippen LogP contribution in [0.3, 0.4) is 0 Å². The Balaban J connectivity index is 2.77. The molecule has 4 N–H and O–H groups in total. The molecule has 0 aliphatic carbocycles. The fourth-order valence-corrected chi connectivity index (χ4v) is 1.03. The average molecular weight is 235 g/mol. The number of hydrazine groups is 1. The Morgan fingerprint density at radius 2 is 1.73 bits per heavy atom. The summed E-state index contributed by atoms with van der Waals surface area (Å²) in [5, 5.41) is 2.73. The van der Waals surface area contributed by atoms with Gasteiger partial charge in [-0.15, -0.1) is 0 Å². The molecule has 0 saturated carbocycles. The summed E-state index contributed by atoms with van der Waals surface area (Å²) >= 11 is 4.67. The second kappa shape index (κ2) is 4.45. The normalized spacial score (nSPS) is 10.9. The molecule has 0 fully saturated rings. The number of nitrogens with one attached hydrogen (secondary N) is 2. The second-order valence-electron chi connectivity index (χ2n) is 2.67. The van der Waals surface area contributed by atoms with Crippen LogP contribution < -0.4 is 16.6 Å². The molecule has 1 rings (SSSR count). The molecule has 0 unspecified atom stereocenters. The number of anilines is 1. The summed E-state index contributed by atoms with van der Waals surface area (Å²) in [6.45, 7) is 0. The van der Waals surface area contributed by atoms with Gasteiger partial charge in [-0.25, -0.2) is 5.84 Å². The summed E-state index contributed by atoms with van der Waals surface area (Å²) in [6, 6.07) is 4.46. The van der Waals surface area contributed by atoms with E-state index in [0.717, 1.165) is 12.1 Å². The number of thiocarbonyl (C=S) groups is 1. The monoisotopic (exact) mass is 235 g/mol. The first-order valence-electron chi connectivity index (χ1n) is 3.88. The van der Waals surface area contributed by atoms with Gasteiger partial charge in [0.15, 0.2) is 5.11 Å². The Hall–Kier alpha value is -1.34. The molecule has 0 bridgehead atoms. The lowest BCUT2D eigenvalue weighted by atomic mass is 10.2. The first-order chi connectivity index (χ1) is 6.93. The summed E-state index contributed by atoms with van der Waals surface area (Å²) in [6.07, 6.45) is -4.33. The van der Waals surface area contributed by atoms with Gasteiger partial charge < -0.3 is 10.7 Å². The van der Waals surface area contributed by atoms with E-state index < -0.39 is 11.7 Å². The van der Waals surface area contributed by atoms with Crippen molar-refractivity contribution in [2.75, 3.05) is 5.32 Å². The van der Waals surface area contributed by atoms with Gasteiger partial charge in [-0.05, 0) is 36.5 Å². The number of benzene rings is 1. The van der Waals surface area contributed by atoms with Crippen LogP contribution in [0.1, 0.15) is 5.56 Å². The van der Waals surface area contributed by atoms with Crippen molar-refractivity contribution in [1.29, 1.82) is 0 Å². The summed E-state index contributed by atoms with van der Waals surface area (Å²) < 4.78 is 36.5. The Bertz CT molecular complexity index is 347. The molecule has 15 heavy (non-hydrogen) atoms. The van der Waals surface area contributed by atoms with Crippen molar-refractivity contribution in [3.8, 4) is 0 Å². The quantitative estimate of drug-likeness (QED) is 0.395. The third kappa shape index (κ3) is 3.37. The van der Waals surface area contributed by atoms with E-state index >= 15 is 0 Å². The summed E-state index contributed by atoms with van der Waals surface area (Å²) in [4.78, 5) is 0. The van der Waals surface area contributed by atoms with Crippen molar-refractivity contribution in [2.45, 2.75) is 6.18 Å². The smallest absolute Gasteiger partial charge is 0.332 e. The maximum Gasteiger partial charge on any atom is 0.416 e. The molecule has 0 saturated heterocycles. The number of nitrogens with two attached hydrogens (primary N) is 1. The first kappa shape index (κ1) is 11.7. The van der Waals surface area contributed by atoms with Crippen LogP contribution in [0.4, 0.5) is 18.9 Å². The average Bonchev–Trinajstić information content (AvgIpc) is 2.17. The van der Waals surface area contributed by atoms with Gasteiger partial charge in [0.2, 0.25) is 0 Å². The highest BCUT2D eigenvalue weighted by Crippen LogP contribution is 2.29. The van der Waals surface area contributed by atoms with E-state index in [1.165, 1.54) is 12.1 Å². The lowest BCUT2D eigenvalue weighted by Gasteiger charge is -2.09. The van der Waals surface area contributed by atoms with Crippen molar-refractivity contribution in [3.05, 3.63) is 29.8 Å². The molecular formula is C8H8F3N3S. The van der Waals surface area contributed by atoms with E-state index in [9.17, 15) is 13.2 Å². The van der Waals surface area contributed by atoms with Crippen LogP contribution in [-0.2, 0) is 6.18 Å². The fourth-order valence-electron chi connectivity index (χ4n) is 0.910. The predicted molar refractivity (Wildman–Crippen MR) is 55.0 cm³/mol. The number of rotatable bonds is 1. The predicted octanol–water partition coefficient (Wildman–Crippen LogP) is 1.87. The molecule has 1 aromatic carbocycles. The minimum absolute atomic E-state index is 0.134. The molecule has 1 aromatic rings. The molecule has 82 valence electrons. The molecule has 0 aliphatic heterocycles. The van der Waals surface area contributed by atoms with Crippen molar-refractivity contribution in [3.63, 3.8) is 0 Å². The van der Waals surface area contributed by atoms with Crippen LogP contribution >= 0.6 is 12.2 Å². The zero-order valence-electron chi connectivity index (χ0n) is 7.43. The molecule has 0 radical (unpaired) electrons. The number of hydrogen-bond donors (Lipinski definition) is 3. The van der Waals surface area contributed by atoms with Gasteiger partial charge in [-0.3, -0.25) is 0 Å². The van der Waals surface area contributed by atoms with Crippen molar-refractivity contribution < 1.29 is 13.2 Å². The zero-order valence-corrected chi connectivity index (χ0v) is 8.25. The van der Waals surface area contributed by atoms with Crippen molar-refractivity contribution in [1.82, 2.24) is 5.43 Å². The summed E-state index contributed by atoms with van der Waals surface area (Å²) in [5.74, 6) is 4.99. The summed E-state index contributed by atoms with van der Waals surface area (Å²) in [5.41, 5.74) is 1.88. The van der Waals surface area contributed by atoms with E-state index in [1.54, 1.807) is 0 Å². The third-order valence-electron chi connectivity index (χ3n) is 1.60. The lowest BCUT2D eigenvalue weighted by molar-refractivity contribution is -0.137. The minimum Gasteiger partial charge on any atom is -0.332 e. The molecule has 0 aromatic heterocycles. The number of hydrogen-bond acceptors (Lipinski definition) is 2. The first-order valence-corrected chi connectivity index (χ1v) is 4.29. The maximum absolute atomic E-state index is 12.2. The zero-order chi connectivity index (χ0) is 11.5. The lowest BCUT2D eigenvalue weighted by Crippen LogP contribution is -2.34. The Labute approximate surface area is 89.4 Å². The van der Waals surface area contributed by atoms with Crippen LogP contribution in [0.2, 0.25) is 0 Å². The van der Waals surface area contributed by atoms with Crippen LogP contribution in [0, 0.1) is 0 Å². The van der Waals surface area contributed by atoms with Gasteiger partial charge in [-0.1, -0.05) is 0 Å². The molecular weight excluding hydrogens is 227 g/mol. The van der Waals surface area contributed by atoms with Crippen molar-refractivity contribution in [2.24, 2.45) is 5.84 Å². The second-order valence-corrected chi connectivity index (χ2v) is 3.08. The summed E-state index contributed by atoms with van der Waals surface area (Å²) in [7, 11) is 0. The van der Waals surface area contributed by atoms with Gasteiger partial charge in [0.1, 0.15) is 0 Å². The molecule has 0 spiro atoms. The van der Waals surface area contributed by atoms with Crippen LogP contribution in [0.15, 0.2) is 24.3 Å². The third-order valence-corrected chi connectivity index (χ3v) is 1.82. The van der Waals surface area contributed by atoms with Crippen molar-refractivity contribution >= 4 is 23.0 Å². The van der Waals surface area contributed by atoms with Gasteiger partial charge >= 0.3 is 6.18 Å². The highest BCUT2D eigenvalue weighted by atomic mass is 32.1. The van der Waals surface area contributed by atoms with E-state index in [-0.39, 0.29) is 5.11 Å². The molecule has 0 aliphatic rings. The van der Waals surface area contributed by atoms with Gasteiger partial charge in [0.25, 0.3) is 0 Å². The Kier molecular flexibility index (Phi) is 3.48. The molecule has 0 atom stereocenters. The van der Waals surface area contributed by atoms with Gasteiger partial charge in [0, 0.05) is 5.69 Å². The molecule has 3 nitrogen and oxygen atoms in total. The molecule has 0 heterocycles. The largest absolute Gasteiger partial charge is 0.416 e.